The molecule has 0 saturated carbocycles. The summed E-state index contributed by atoms with van der Waals surface area (Å²) in [4.78, 5) is 2.30. The van der Waals surface area contributed by atoms with Gasteiger partial charge in [-0.3, -0.25) is 0 Å². The smallest absolute Gasteiger partial charge is 0.314 e. The highest BCUT2D eigenvalue weighted by atomic mass is 28.5. The molecule has 0 heterocycles. The zero-order valence-corrected chi connectivity index (χ0v) is 27.9. The van der Waals surface area contributed by atoms with E-state index in [2.05, 4.69) is 107 Å². The fourth-order valence-electron chi connectivity index (χ4n) is 6.32. The van der Waals surface area contributed by atoms with Crippen LogP contribution in [0.15, 0.2) is 0 Å². The van der Waals surface area contributed by atoms with Gasteiger partial charge in [-0.2, -0.15) is 0 Å². The van der Waals surface area contributed by atoms with Crippen molar-refractivity contribution in [1.82, 2.24) is 4.90 Å². The third kappa shape index (κ3) is 10.9. The highest BCUT2D eigenvalue weighted by Crippen LogP contribution is 2.47. The Labute approximate surface area is 206 Å². The van der Waals surface area contributed by atoms with Crippen molar-refractivity contribution in [3.8, 4) is 0 Å². The Balaban J connectivity index is 6.07. The van der Waals surface area contributed by atoms with Crippen LogP contribution in [-0.4, -0.2) is 50.7 Å². The molecular formula is C26H61NO2Si3. The van der Waals surface area contributed by atoms with Gasteiger partial charge in [0.15, 0.2) is 16.6 Å². The zero-order chi connectivity index (χ0) is 25.6. The molecule has 0 aliphatic rings. The number of hydrogen-bond donors (Lipinski definition) is 0. The topological polar surface area (TPSA) is 21.7 Å². The maximum absolute atomic E-state index is 7.40. The Morgan fingerprint density at radius 2 is 1.03 bits per heavy atom. The van der Waals surface area contributed by atoms with Gasteiger partial charge in [-0.15, -0.1) is 0 Å². The molecule has 0 aromatic rings. The summed E-state index contributed by atoms with van der Waals surface area (Å²) >= 11 is 0. The molecule has 0 spiro atoms. The fourth-order valence-corrected chi connectivity index (χ4v) is 24.7. The molecule has 0 amide bonds. The van der Waals surface area contributed by atoms with Gasteiger partial charge >= 0.3 is 8.56 Å². The molecule has 0 rings (SSSR count). The van der Waals surface area contributed by atoms with E-state index in [4.69, 9.17) is 8.23 Å². The summed E-state index contributed by atoms with van der Waals surface area (Å²) in [6.07, 6.45) is 6.12. The van der Waals surface area contributed by atoms with E-state index in [0.717, 1.165) is 19.0 Å². The summed E-state index contributed by atoms with van der Waals surface area (Å²) in [6.45, 7) is 32.5. The van der Waals surface area contributed by atoms with Crippen LogP contribution in [-0.2, 0) is 8.23 Å². The normalized spacial score (nSPS) is 18.0. The van der Waals surface area contributed by atoms with Gasteiger partial charge in [0, 0.05) is 0 Å². The number of nitrogens with zero attached hydrogens (tertiary/aromatic N) is 1. The predicted molar refractivity (Wildman–Crippen MR) is 153 cm³/mol. The lowest BCUT2D eigenvalue weighted by atomic mass is 9.89. The first kappa shape index (κ1) is 32.5. The second kappa shape index (κ2) is 12.5. The maximum atomic E-state index is 7.40. The van der Waals surface area contributed by atoms with Crippen molar-refractivity contribution in [3.05, 3.63) is 0 Å². The van der Waals surface area contributed by atoms with E-state index in [1.54, 1.807) is 0 Å². The lowest BCUT2D eigenvalue weighted by Crippen LogP contribution is -2.58. The summed E-state index contributed by atoms with van der Waals surface area (Å²) in [5.41, 5.74) is 1.83. The standard InChI is InChI=1S/C26H61NO2Si3/c1-16-19-23(25(3,4)5)30(11,12)28-32(15,22-18-21-27(9)10)29-31(13,14)24(20-17-2)26(6,7)8/h23-24H,16-22H2,1-15H3. The minimum Gasteiger partial charge on any atom is -0.436 e. The van der Waals surface area contributed by atoms with Crippen LogP contribution in [0.5, 0.6) is 0 Å². The molecule has 194 valence electrons. The average molecular weight is 504 g/mol. The zero-order valence-electron chi connectivity index (χ0n) is 24.9. The van der Waals surface area contributed by atoms with Crippen molar-refractivity contribution < 1.29 is 8.23 Å². The molecule has 0 saturated heterocycles. The summed E-state index contributed by atoms with van der Waals surface area (Å²) in [6, 6.07) is 1.10. The molecule has 0 aromatic heterocycles. The monoisotopic (exact) mass is 503 g/mol. The third-order valence-corrected chi connectivity index (χ3v) is 21.7. The van der Waals surface area contributed by atoms with Gasteiger partial charge < -0.3 is 13.1 Å². The van der Waals surface area contributed by atoms with E-state index < -0.39 is 25.2 Å². The van der Waals surface area contributed by atoms with Crippen LogP contribution < -0.4 is 0 Å². The second-order valence-corrected chi connectivity index (χ2v) is 26.1. The van der Waals surface area contributed by atoms with Gasteiger partial charge in [0.2, 0.25) is 0 Å². The van der Waals surface area contributed by atoms with E-state index >= 15 is 0 Å². The van der Waals surface area contributed by atoms with Crippen molar-refractivity contribution >= 4 is 25.2 Å². The van der Waals surface area contributed by atoms with E-state index in [9.17, 15) is 0 Å². The van der Waals surface area contributed by atoms with Gasteiger partial charge in [-0.05, 0) is 87.8 Å². The Bertz CT molecular complexity index is 498. The largest absolute Gasteiger partial charge is 0.436 e. The van der Waals surface area contributed by atoms with Crippen molar-refractivity contribution in [2.24, 2.45) is 10.8 Å². The molecule has 3 nitrogen and oxygen atoms in total. The summed E-state index contributed by atoms with van der Waals surface area (Å²) in [7, 11) is -1.90. The average Bonchev–Trinajstić information content (AvgIpc) is 2.53. The number of rotatable bonds is 14. The molecule has 32 heavy (non-hydrogen) atoms. The van der Waals surface area contributed by atoms with E-state index in [1.807, 2.05) is 0 Å². The van der Waals surface area contributed by atoms with E-state index in [1.165, 1.54) is 25.7 Å². The first-order valence-corrected chi connectivity index (χ1v) is 21.8. The molecule has 0 aliphatic carbocycles. The Morgan fingerprint density at radius 3 is 1.28 bits per heavy atom. The quantitative estimate of drug-likeness (QED) is 0.221. The summed E-state index contributed by atoms with van der Waals surface area (Å²) in [5.74, 6) is 0. The molecule has 0 fully saturated rings. The number of hydrogen-bond acceptors (Lipinski definition) is 3. The third-order valence-electron chi connectivity index (χ3n) is 7.12. The van der Waals surface area contributed by atoms with Crippen molar-refractivity contribution in [2.45, 2.75) is 137 Å². The van der Waals surface area contributed by atoms with Gasteiger partial charge in [0.25, 0.3) is 0 Å². The molecule has 2 unspecified atom stereocenters. The van der Waals surface area contributed by atoms with Crippen LogP contribution in [0.3, 0.4) is 0 Å². The second-order valence-electron chi connectivity index (χ2n) is 13.9. The Kier molecular flexibility index (Phi) is 12.7. The first-order valence-electron chi connectivity index (χ1n) is 13.3. The lowest BCUT2D eigenvalue weighted by molar-refractivity contribution is 0.286. The van der Waals surface area contributed by atoms with Crippen LogP contribution >= 0.6 is 0 Å². The van der Waals surface area contributed by atoms with Crippen LogP contribution in [0.2, 0.25) is 49.9 Å². The van der Waals surface area contributed by atoms with Crippen LogP contribution in [0, 0.1) is 10.8 Å². The molecule has 6 heteroatoms. The predicted octanol–water partition coefficient (Wildman–Crippen LogP) is 8.89. The van der Waals surface area contributed by atoms with Gasteiger partial charge in [0.05, 0.1) is 0 Å². The van der Waals surface area contributed by atoms with E-state index in [-0.39, 0.29) is 10.8 Å². The van der Waals surface area contributed by atoms with Crippen molar-refractivity contribution in [3.63, 3.8) is 0 Å². The minimum atomic E-state index is -2.33. The summed E-state index contributed by atoms with van der Waals surface area (Å²) in [5, 5.41) is 0. The first-order chi connectivity index (χ1) is 14.2. The SMILES string of the molecule is CCCC(C(C)(C)C)[Si](C)(C)O[Si](C)(CCCN(C)C)O[Si](C)(C)C(CCC)C(C)(C)C. The molecule has 0 aliphatic heterocycles. The highest BCUT2D eigenvalue weighted by Gasteiger charge is 2.50. The van der Waals surface area contributed by atoms with Gasteiger partial charge in [-0.25, -0.2) is 0 Å². The maximum Gasteiger partial charge on any atom is 0.314 e. The lowest BCUT2D eigenvalue weighted by Gasteiger charge is -2.49. The van der Waals surface area contributed by atoms with Crippen molar-refractivity contribution in [2.75, 3.05) is 20.6 Å². The van der Waals surface area contributed by atoms with Crippen LogP contribution in [0.4, 0.5) is 0 Å². The molecule has 0 bridgehead atoms. The molecule has 2 atom stereocenters. The van der Waals surface area contributed by atoms with Crippen LogP contribution in [0.25, 0.3) is 0 Å². The van der Waals surface area contributed by atoms with Gasteiger partial charge in [-0.1, -0.05) is 81.1 Å². The minimum absolute atomic E-state index is 0.272. The molecule has 0 radical (unpaired) electrons. The molecule has 0 aromatic carbocycles. The molecule has 0 N–H and O–H groups in total. The fraction of sp³-hybridized carbons (Fsp3) is 1.00. The summed E-state index contributed by atoms with van der Waals surface area (Å²) < 4.78 is 14.8. The Morgan fingerprint density at radius 1 is 0.688 bits per heavy atom. The van der Waals surface area contributed by atoms with Crippen LogP contribution in [0.1, 0.15) is 87.5 Å². The van der Waals surface area contributed by atoms with E-state index in [0.29, 0.717) is 11.1 Å². The van der Waals surface area contributed by atoms with Crippen molar-refractivity contribution in [1.29, 1.82) is 0 Å². The Hall–Kier alpha value is 0.531. The highest BCUT2D eigenvalue weighted by molar-refractivity contribution is 6.89. The molecular weight excluding hydrogens is 443 g/mol. The van der Waals surface area contributed by atoms with Gasteiger partial charge in [0.1, 0.15) is 0 Å².